The van der Waals surface area contributed by atoms with Crippen molar-refractivity contribution in [1.82, 2.24) is 9.97 Å². The molecule has 2 aromatic rings. The third-order valence-electron chi connectivity index (χ3n) is 7.92. The van der Waals surface area contributed by atoms with E-state index in [4.69, 9.17) is 21.6 Å². The lowest BCUT2D eigenvalue weighted by atomic mass is 9.77. The Balaban J connectivity index is 1.29. The van der Waals surface area contributed by atoms with Gasteiger partial charge in [0.05, 0.1) is 39.9 Å². The Kier molecular flexibility index (Phi) is 5.20. The molecule has 2 aliphatic carbocycles. The fourth-order valence-electron chi connectivity index (χ4n) is 5.46. The number of hydrogen-bond donors (Lipinski definition) is 2. The van der Waals surface area contributed by atoms with Crippen LogP contribution in [0, 0.1) is 0 Å². The van der Waals surface area contributed by atoms with Gasteiger partial charge < -0.3 is 15.3 Å². The Bertz CT molecular complexity index is 1100. The number of fused-ring (bicyclic) bond motifs is 1. The van der Waals surface area contributed by atoms with Gasteiger partial charge in [-0.3, -0.25) is 4.21 Å². The summed E-state index contributed by atoms with van der Waals surface area (Å²) in [5, 5.41) is 14.1. The van der Waals surface area contributed by atoms with Crippen LogP contribution in [0.4, 0.5) is 16.2 Å². The van der Waals surface area contributed by atoms with Gasteiger partial charge in [-0.15, -0.1) is 0 Å². The Hall–Kier alpha value is -1.77. The van der Waals surface area contributed by atoms with Crippen molar-refractivity contribution < 1.29 is 13.7 Å². The number of hydrogen-bond acceptors (Lipinski definition) is 6. The van der Waals surface area contributed by atoms with Gasteiger partial charge in [0, 0.05) is 23.9 Å². The van der Waals surface area contributed by atoms with Gasteiger partial charge in [-0.25, -0.2) is 9.37 Å². The lowest BCUT2D eigenvalue weighted by Crippen LogP contribution is -2.49. The van der Waals surface area contributed by atoms with Crippen molar-refractivity contribution in [2.45, 2.75) is 72.2 Å². The van der Waals surface area contributed by atoms with Gasteiger partial charge >= 0.3 is 0 Å². The largest absolute Gasteiger partial charge is 0.394 e. The number of rotatable bonds is 5. The topological polar surface area (TPSA) is 78.4 Å². The van der Waals surface area contributed by atoms with Crippen molar-refractivity contribution in [3.05, 3.63) is 40.5 Å². The van der Waals surface area contributed by atoms with E-state index in [0.717, 1.165) is 43.4 Å². The Morgan fingerprint density at radius 3 is 2.58 bits per heavy atom. The minimum Gasteiger partial charge on any atom is -0.394 e. The molecule has 2 N–H and O–H groups in total. The molecule has 1 aromatic heterocycles. The number of halogens is 2. The number of anilines is 2. The molecule has 1 saturated heterocycles. The number of nitrogens with zero attached hydrogens (tertiary/aromatic N) is 3. The smallest absolute Gasteiger partial charge is 0.227 e. The Morgan fingerprint density at radius 1 is 1.21 bits per heavy atom. The molecule has 3 fully saturated rings. The number of nitrogens with one attached hydrogen (secondary N) is 1. The Labute approximate surface area is 200 Å². The van der Waals surface area contributed by atoms with Crippen molar-refractivity contribution in [2.24, 2.45) is 0 Å². The van der Waals surface area contributed by atoms with Crippen LogP contribution in [0.5, 0.6) is 0 Å². The average molecular weight is 491 g/mol. The van der Waals surface area contributed by atoms with Crippen LogP contribution in [0.15, 0.2) is 29.2 Å². The van der Waals surface area contributed by atoms with Crippen LogP contribution < -0.4 is 10.2 Å². The second kappa shape index (κ2) is 7.89. The van der Waals surface area contributed by atoms with Gasteiger partial charge in [0.25, 0.3) is 0 Å². The lowest BCUT2D eigenvalue weighted by molar-refractivity contribution is 0.143. The minimum atomic E-state index is -1.15. The van der Waals surface area contributed by atoms with Crippen LogP contribution >= 0.6 is 11.6 Å². The summed E-state index contributed by atoms with van der Waals surface area (Å²) in [4.78, 5) is 12.2. The van der Waals surface area contributed by atoms with E-state index in [1.54, 1.807) is 0 Å². The van der Waals surface area contributed by atoms with E-state index in [1.807, 2.05) is 29.2 Å². The molecular formula is C24H28ClFN4O2S. The second-order valence-corrected chi connectivity index (χ2v) is 12.4. The molecule has 1 aromatic carbocycles. The van der Waals surface area contributed by atoms with Crippen molar-refractivity contribution in [1.29, 1.82) is 0 Å². The predicted molar refractivity (Wildman–Crippen MR) is 127 cm³/mol. The molecular weight excluding hydrogens is 463 g/mol. The van der Waals surface area contributed by atoms with Gasteiger partial charge in [-0.1, -0.05) is 23.7 Å². The molecule has 33 heavy (non-hydrogen) atoms. The van der Waals surface area contributed by atoms with Crippen LogP contribution in [0.3, 0.4) is 0 Å². The predicted octanol–water partition coefficient (Wildman–Crippen LogP) is 3.99. The number of benzene rings is 1. The first-order chi connectivity index (χ1) is 15.9. The number of aliphatic hydroxyl groups is 1. The zero-order chi connectivity index (χ0) is 22.8. The van der Waals surface area contributed by atoms with Gasteiger partial charge in [0.1, 0.15) is 16.9 Å². The number of piperidine rings is 1. The molecule has 4 aliphatic rings. The van der Waals surface area contributed by atoms with Gasteiger partial charge in [0.2, 0.25) is 5.95 Å². The van der Waals surface area contributed by atoms with Gasteiger partial charge in [-0.05, 0) is 56.2 Å². The molecule has 6 nitrogen and oxygen atoms in total. The second-order valence-electron chi connectivity index (χ2n) is 10.1. The normalized spacial score (nSPS) is 28.9. The lowest BCUT2D eigenvalue weighted by Gasteiger charge is -2.42. The molecule has 176 valence electrons. The molecule has 9 heteroatoms. The summed E-state index contributed by atoms with van der Waals surface area (Å²) in [6.45, 7) is 0.869. The zero-order valence-corrected chi connectivity index (χ0v) is 20.0. The maximum Gasteiger partial charge on any atom is 0.227 e. The SMILES string of the molecule is O=[S@]1c2c(nc(N3CCC(c4ccc(Cl)cc4)C(F)C3)nc2NC2(CO)CCC2)CC12CC2. The van der Waals surface area contributed by atoms with E-state index < -0.39 is 22.5 Å². The van der Waals surface area contributed by atoms with E-state index >= 15 is 4.39 Å². The highest BCUT2D eigenvalue weighted by atomic mass is 35.5. The summed E-state index contributed by atoms with van der Waals surface area (Å²) in [7, 11) is -1.15. The number of aromatic nitrogens is 2. The zero-order valence-electron chi connectivity index (χ0n) is 18.4. The van der Waals surface area contributed by atoms with Gasteiger partial charge in [-0.2, -0.15) is 4.98 Å². The number of alkyl halides is 1. The van der Waals surface area contributed by atoms with Crippen molar-refractivity contribution >= 4 is 34.2 Å². The van der Waals surface area contributed by atoms with E-state index in [0.29, 0.717) is 41.1 Å². The maximum atomic E-state index is 15.3. The van der Waals surface area contributed by atoms with E-state index in [-0.39, 0.29) is 23.8 Å². The first-order valence-electron chi connectivity index (χ1n) is 11.8. The van der Waals surface area contributed by atoms with Crippen molar-refractivity contribution in [3.8, 4) is 0 Å². The molecule has 0 amide bonds. The molecule has 1 spiro atoms. The highest BCUT2D eigenvalue weighted by Gasteiger charge is 2.56. The van der Waals surface area contributed by atoms with Crippen LogP contribution in [-0.2, 0) is 17.2 Å². The molecule has 2 unspecified atom stereocenters. The first-order valence-corrected chi connectivity index (χ1v) is 13.3. The van der Waals surface area contributed by atoms with Crippen LogP contribution in [0.2, 0.25) is 5.02 Å². The monoisotopic (exact) mass is 490 g/mol. The molecule has 2 saturated carbocycles. The fraction of sp³-hybridized carbons (Fsp3) is 0.583. The standard InChI is InChI=1S/C24H28ClFN4O2S/c25-16-4-2-15(3-5-16)17-6-11-30(13-18(17)26)22-27-19-12-24(9-10-24)33(32)20(19)21(28-22)29-23(14-31)7-1-8-23/h2-5,17-18,31H,1,6-14H2,(H,27,28,29)/t17?,18?,33-/m0/s1. The highest BCUT2D eigenvalue weighted by molar-refractivity contribution is 7.87. The van der Waals surface area contributed by atoms with Crippen LogP contribution in [0.1, 0.15) is 55.7 Å². The molecule has 0 bridgehead atoms. The first kappa shape index (κ1) is 21.7. The summed E-state index contributed by atoms with van der Waals surface area (Å²) in [6, 6.07) is 7.42. The summed E-state index contributed by atoms with van der Waals surface area (Å²) in [5.41, 5.74) is 1.37. The fourth-order valence-corrected chi connectivity index (χ4v) is 7.37. The third-order valence-corrected chi connectivity index (χ3v) is 10.3. The number of aliphatic hydroxyl groups excluding tert-OH is 1. The summed E-state index contributed by atoms with van der Waals surface area (Å²) < 4.78 is 28.4. The van der Waals surface area contributed by atoms with E-state index in [9.17, 15) is 9.32 Å². The highest BCUT2D eigenvalue weighted by Crippen LogP contribution is 2.54. The summed E-state index contributed by atoms with van der Waals surface area (Å²) in [6.07, 6.45) is 4.93. The van der Waals surface area contributed by atoms with Gasteiger partial charge in [0.15, 0.2) is 0 Å². The third kappa shape index (κ3) is 3.65. The summed E-state index contributed by atoms with van der Waals surface area (Å²) in [5.74, 6) is 0.886. The Morgan fingerprint density at radius 2 is 1.97 bits per heavy atom. The maximum absolute atomic E-state index is 15.3. The minimum absolute atomic E-state index is 0.0118. The molecule has 0 radical (unpaired) electrons. The molecule has 3 heterocycles. The molecule has 3 atom stereocenters. The average Bonchev–Trinajstić information content (AvgIpc) is 3.51. The molecule has 6 rings (SSSR count). The quantitative estimate of drug-likeness (QED) is 0.660. The van der Waals surface area contributed by atoms with E-state index in [2.05, 4.69) is 5.32 Å². The van der Waals surface area contributed by atoms with Crippen LogP contribution in [0.25, 0.3) is 0 Å². The van der Waals surface area contributed by atoms with Crippen LogP contribution in [-0.4, -0.2) is 55.4 Å². The van der Waals surface area contributed by atoms with Crippen molar-refractivity contribution in [2.75, 3.05) is 29.9 Å². The summed E-state index contributed by atoms with van der Waals surface area (Å²) >= 11 is 6.00. The van der Waals surface area contributed by atoms with Crippen molar-refractivity contribution in [3.63, 3.8) is 0 Å². The van der Waals surface area contributed by atoms with E-state index in [1.165, 1.54) is 0 Å². The molecule has 2 aliphatic heterocycles.